The molecule has 3 aromatic heterocycles. The normalized spacial score (nSPS) is 18.7. The van der Waals surface area contributed by atoms with E-state index in [1.807, 2.05) is 33.9 Å². The number of ether oxygens (including phenoxy) is 8. The van der Waals surface area contributed by atoms with Crippen molar-refractivity contribution >= 4 is 23.6 Å². The largest absolute Gasteiger partial charge is 0.457 e. The SMILES string of the molecule is CCC(COCc1cn(CCCCCC(=O)OC2(CC)C(=O)OCc3c2cc2n(c3=O)CC3=Cc4ccccc4C(C)CC=C32)nn1)(COC(C)(C)C(C)(C)CC(CC)(COCc1cn(CCOC(C)(CC)CCOC(C)(C)CC)nn1)COC(C)(C)C(C)(CC)CC)CC(C)(C)C(C)(C)CC. The first-order valence-corrected chi connectivity index (χ1v) is 39.0. The third-order valence-electron chi connectivity index (χ3n) is 26.0. The van der Waals surface area contributed by atoms with Crippen LogP contribution in [0.4, 0.5) is 0 Å². The van der Waals surface area contributed by atoms with Gasteiger partial charge in [-0.15, -0.1) is 10.2 Å². The molecule has 7 rings (SSSR count). The van der Waals surface area contributed by atoms with E-state index in [1.165, 1.54) is 5.56 Å². The Morgan fingerprint density at radius 1 is 0.637 bits per heavy atom. The van der Waals surface area contributed by atoms with Crippen LogP contribution in [0.2, 0.25) is 0 Å². The number of carbonyl (C=O) groups is 2. The average Bonchev–Trinajstić information content (AvgIpc) is 1.66. The number of nitrogens with zero attached hydrogens (tertiary/aromatic N) is 7. The van der Waals surface area contributed by atoms with Gasteiger partial charge >= 0.3 is 11.9 Å². The van der Waals surface area contributed by atoms with Crippen molar-refractivity contribution in [1.82, 2.24) is 34.6 Å². The van der Waals surface area contributed by atoms with Crippen molar-refractivity contribution in [3.8, 4) is 0 Å². The van der Waals surface area contributed by atoms with Crippen LogP contribution in [0.25, 0.3) is 11.6 Å². The number of aryl methyl sites for hydroxylation is 1. The monoisotopic (exact) mass is 1420 g/mol. The molecule has 102 heavy (non-hydrogen) atoms. The number of unbranched alkanes of at least 4 members (excludes halogenated alkanes) is 2. The van der Waals surface area contributed by atoms with Crippen LogP contribution in [0.15, 0.2) is 59.2 Å². The van der Waals surface area contributed by atoms with Crippen LogP contribution in [0, 0.1) is 32.5 Å². The van der Waals surface area contributed by atoms with Crippen molar-refractivity contribution in [2.45, 2.75) is 335 Å². The summed E-state index contributed by atoms with van der Waals surface area (Å²) in [6.07, 6.45) is 20.4. The van der Waals surface area contributed by atoms with E-state index in [0.29, 0.717) is 96.5 Å². The molecule has 0 bridgehead atoms. The molecule has 0 saturated carbocycles. The van der Waals surface area contributed by atoms with Gasteiger partial charge in [0.2, 0.25) is 5.60 Å². The Balaban J connectivity index is 0.968. The van der Waals surface area contributed by atoms with Crippen molar-refractivity contribution < 1.29 is 47.5 Å². The minimum Gasteiger partial charge on any atom is -0.457 e. The van der Waals surface area contributed by atoms with Crippen LogP contribution < -0.4 is 5.56 Å². The molecule has 18 nitrogen and oxygen atoms in total. The first kappa shape index (κ1) is 83.9. The number of esters is 2. The standard InChI is InChI=1S/C84H135N7O11/c1-24-74(10,11)75(12,13)55-82(29-6,59-100-78(18,19)76(14,15)56-83(30-7,60-101-79(20,21)80(22,26-3)27-4)58-96-53-65-51-90(88-86-65)44-46-99-81(23,28-5)42-45-98-77(16,17)25-2)57-95-52-64-50-89(87-85-64)43-36-32-33-39-71(92)102-84(31-8)69-48-70-67-41-40-61(9)66-38-35-34-37-62(66)47-63(67)49-91(70)72(93)68(69)54-97-73(84)94/h34-35,37-38,41,47-48,50-51,61H,24-33,36,39-40,42-46,49,52-60H2,1-23H3. The van der Waals surface area contributed by atoms with Crippen LogP contribution in [0.5, 0.6) is 0 Å². The summed E-state index contributed by atoms with van der Waals surface area (Å²) in [5.41, 5.74) is 3.01. The molecule has 0 N–H and O–H groups in total. The lowest BCUT2D eigenvalue weighted by atomic mass is 9.59. The van der Waals surface area contributed by atoms with Crippen LogP contribution >= 0.6 is 0 Å². The lowest BCUT2D eigenvalue weighted by molar-refractivity contribution is -0.189. The van der Waals surface area contributed by atoms with Gasteiger partial charge < -0.3 is 42.5 Å². The molecule has 5 heterocycles. The van der Waals surface area contributed by atoms with Gasteiger partial charge in [-0.2, -0.15) is 0 Å². The molecule has 0 amide bonds. The fourth-order valence-electron chi connectivity index (χ4n) is 14.9. The fraction of sp³-hybridized carbons (Fsp3) is 0.750. The highest BCUT2D eigenvalue weighted by Gasteiger charge is 2.52. The maximum atomic E-state index is 14.3. The Hall–Kier alpha value is -5.37. The predicted molar refractivity (Wildman–Crippen MR) is 406 cm³/mol. The second-order valence-corrected chi connectivity index (χ2v) is 34.6. The lowest BCUT2D eigenvalue weighted by Gasteiger charge is -2.51. The van der Waals surface area contributed by atoms with Gasteiger partial charge in [0.15, 0.2) is 0 Å². The molecule has 0 saturated heterocycles. The third kappa shape index (κ3) is 19.8. The zero-order valence-electron chi connectivity index (χ0n) is 67.7. The van der Waals surface area contributed by atoms with E-state index in [-0.39, 0.29) is 80.2 Å². The topological polar surface area (TPSA) is 191 Å². The summed E-state index contributed by atoms with van der Waals surface area (Å²) >= 11 is 0. The van der Waals surface area contributed by atoms with Crippen molar-refractivity contribution in [3.63, 3.8) is 0 Å². The number of carbonyl (C=O) groups excluding carboxylic acids is 2. The van der Waals surface area contributed by atoms with Gasteiger partial charge in [0.25, 0.3) is 5.56 Å². The van der Waals surface area contributed by atoms with Gasteiger partial charge in [0.1, 0.15) is 18.0 Å². The number of hydrogen-bond donors (Lipinski definition) is 0. The molecule has 3 aliphatic rings. The molecule has 0 fully saturated rings. The number of hydrogen-bond acceptors (Lipinski definition) is 15. The Bertz CT molecular complexity index is 3530. The van der Waals surface area contributed by atoms with E-state index >= 15 is 0 Å². The molecule has 5 atom stereocenters. The zero-order chi connectivity index (χ0) is 75.4. The molecular formula is C84H135N7O11. The molecule has 572 valence electrons. The van der Waals surface area contributed by atoms with E-state index < -0.39 is 23.1 Å². The highest BCUT2D eigenvalue weighted by Crippen LogP contribution is 2.53. The number of rotatable bonds is 44. The molecule has 1 aromatic carbocycles. The van der Waals surface area contributed by atoms with E-state index in [0.717, 1.165) is 111 Å². The quantitative estimate of drug-likeness (QED) is 0.0300. The van der Waals surface area contributed by atoms with Crippen LogP contribution in [-0.4, -0.2) is 109 Å². The van der Waals surface area contributed by atoms with Gasteiger partial charge in [-0.25, -0.2) is 9.48 Å². The number of allylic oxidation sites excluding steroid dienone is 3. The molecule has 2 aliphatic heterocycles. The van der Waals surface area contributed by atoms with Crippen molar-refractivity contribution in [2.24, 2.45) is 32.5 Å². The third-order valence-corrected chi connectivity index (χ3v) is 26.0. The van der Waals surface area contributed by atoms with Crippen molar-refractivity contribution in [3.05, 3.63) is 104 Å². The van der Waals surface area contributed by atoms with Crippen molar-refractivity contribution in [1.29, 1.82) is 0 Å². The van der Waals surface area contributed by atoms with Crippen LogP contribution in [0.1, 0.15) is 307 Å². The first-order chi connectivity index (χ1) is 47.9. The summed E-state index contributed by atoms with van der Waals surface area (Å²) in [5, 5.41) is 18.1. The maximum absolute atomic E-state index is 14.3. The molecular weight excluding hydrogens is 1280 g/mol. The summed E-state index contributed by atoms with van der Waals surface area (Å²) in [6, 6.07) is 10.3. The van der Waals surface area contributed by atoms with E-state index in [9.17, 15) is 14.4 Å². The first-order valence-electron chi connectivity index (χ1n) is 39.0. The molecule has 1 aliphatic carbocycles. The van der Waals surface area contributed by atoms with Crippen LogP contribution in [-0.2, 0) is 92.5 Å². The number of cyclic esters (lactones) is 1. The molecule has 0 spiro atoms. The predicted octanol–water partition coefficient (Wildman–Crippen LogP) is 18.5. The van der Waals surface area contributed by atoms with E-state index in [1.54, 1.807) is 11.5 Å². The lowest BCUT2D eigenvalue weighted by Crippen LogP contribution is -2.51. The summed E-state index contributed by atoms with van der Waals surface area (Å²) in [7, 11) is 0. The zero-order valence-corrected chi connectivity index (χ0v) is 67.7. The minimum atomic E-state index is -1.73. The van der Waals surface area contributed by atoms with Crippen LogP contribution in [0.3, 0.4) is 0 Å². The van der Waals surface area contributed by atoms with E-state index in [2.05, 4.69) is 203 Å². The Morgan fingerprint density at radius 2 is 1.24 bits per heavy atom. The average molecular weight is 1420 g/mol. The summed E-state index contributed by atoms with van der Waals surface area (Å²) in [4.78, 5) is 42.0. The van der Waals surface area contributed by atoms with Gasteiger partial charge in [0.05, 0.1) is 112 Å². The van der Waals surface area contributed by atoms with Gasteiger partial charge in [-0.3, -0.25) is 14.3 Å². The number of aromatic nitrogens is 7. The Morgan fingerprint density at radius 3 is 1.81 bits per heavy atom. The Labute approximate surface area is 614 Å². The highest BCUT2D eigenvalue weighted by atomic mass is 16.6. The second-order valence-electron chi connectivity index (χ2n) is 34.6. The summed E-state index contributed by atoms with van der Waals surface area (Å²) in [5.74, 6) is -0.881. The summed E-state index contributed by atoms with van der Waals surface area (Å²) in [6.45, 7) is 57.0. The van der Waals surface area contributed by atoms with Gasteiger partial charge in [-0.05, 0) is 194 Å². The molecule has 5 unspecified atom stereocenters. The second kappa shape index (κ2) is 34.5. The summed E-state index contributed by atoms with van der Waals surface area (Å²) < 4.78 is 58.2. The number of fused-ring (bicyclic) bond motifs is 5. The van der Waals surface area contributed by atoms with Crippen molar-refractivity contribution in [2.75, 3.05) is 39.6 Å². The number of pyridine rings is 1. The number of benzene rings is 1. The van der Waals surface area contributed by atoms with Gasteiger partial charge in [0, 0.05) is 29.4 Å². The van der Waals surface area contributed by atoms with E-state index in [4.69, 9.17) is 37.9 Å². The molecule has 0 radical (unpaired) electrons. The molecule has 18 heteroatoms. The van der Waals surface area contributed by atoms with Gasteiger partial charge in [-0.1, -0.05) is 164 Å². The Kier molecular flexibility index (Phi) is 28.3. The maximum Gasteiger partial charge on any atom is 0.355 e. The highest BCUT2D eigenvalue weighted by molar-refractivity contribution is 5.90. The smallest absolute Gasteiger partial charge is 0.355 e. The molecule has 4 aromatic rings. The minimum absolute atomic E-state index is 0.0188. The fourth-order valence-corrected chi connectivity index (χ4v) is 14.9.